The predicted octanol–water partition coefficient (Wildman–Crippen LogP) is 2.44. The molecule has 3 aromatic carbocycles. The molecular formula is C23H24N2O4S. The Hall–Kier alpha value is -3.00. The summed E-state index contributed by atoms with van der Waals surface area (Å²) >= 11 is 0. The molecule has 0 atom stereocenters. The molecule has 1 amide bonds. The van der Waals surface area contributed by atoms with Gasteiger partial charge in [0.1, 0.15) is 0 Å². The Balaban J connectivity index is 1.67. The van der Waals surface area contributed by atoms with Crippen molar-refractivity contribution >= 4 is 15.7 Å². The van der Waals surface area contributed by atoms with E-state index in [4.69, 9.17) is 5.73 Å². The van der Waals surface area contributed by atoms with Crippen molar-refractivity contribution < 1.29 is 18.3 Å². The molecule has 6 nitrogen and oxygen atoms in total. The van der Waals surface area contributed by atoms with E-state index >= 15 is 0 Å². The summed E-state index contributed by atoms with van der Waals surface area (Å²) in [5, 5.41) is 12.7. The van der Waals surface area contributed by atoms with Gasteiger partial charge in [0.05, 0.1) is 16.4 Å². The molecule has 7 heteroatoms. The lowest BCUT2D eigenvalue weighted by atomic mass is 10.1. The van der Waals surface area contributed by atoms with Gasteiger partial charge in [-0.2, -0.15) is 0 Å². The summed E-state index contributed by atoms with van der Waals surface area (Å²) in [4.78, 5) is 11.7. The van der Waals surface area contributed by atoms with Crippen molar-refractivity contribution in [1.82, 2.24) is 5.32 Å². The molecule has 0 saturated heterocycles. The van der Waals surface area contributed by atoms with Crippen molar-refractivity contribution in [2.45, 2.75) is 29.4 Å². The molecule has 0 aliphatic rings. The van der Waals surface area contributed by atoms with Crippen LogP contribution in [0.3, 0.4) is 0 Å². The van der Waals surface area contributed by atoms with E-state index in [1.165, 1.54) is 23.8 Å². The van der Waals surface area contributed by atoms with Crippen LogP contribution in [0.5, 0.6) is 0 Å². The summed E-state index contributed by atoms with van der Waals surface area (Å²) in [6.45, 7) is 1.15. The number of sulfone groups is 1. The Morgan fingerprint density at radius 3 is 2.20 bits per heavy atom. The molecule has 0 radical (unpaired) electrons. The van der Waals surface area contributed by atoms with Crippen LogP contribution in [0.15, 0.2) is 82.6 Å². The second-order valence-corrected chi connectivity index (χ2v) is 8.85. The highest BCUT2D eigenvalue weighted by Crippen LogP contribution is 2.24. The van der Waals surface area contributed by atoms with Crippen molar-refractivity contribution in [2.75, 3.05) is 6.54 Å². The summed E-state index contributed by atoms with van der Waals surface area (Å²) in [6.07, 6.45) is 0.768. The molecule has 0 aliphatic carbocycles. The lowest BCUT2D eigenvalue weighted by molar-refractivity contribution is 0.0997. The van der Waals surface area contributed by atoms with Crippen LogP contribution in [0.25, 0.3) is 0 Å². The number of primary amides is 1. The number of hydrogen-bond acceptors (Lipinski definition) is 5. The van der Waals surface area contributed by atoms with Gasteiger partial charge in [-0.25, -0.2) is 8.42 Å². The fourth-order valence-corrected chi connectivity index (χ4v) is 4.41. The van der Waals surface area contributed by atoms with Crippen molar-refractivity contribution in [3.05, 3.63) is 95.1 Å². The zero-order valence-electron chi connectivity index (χ0n) is 16.4. The highest BCUT2D eigenvalue weighted by Gasteiger charge is 2.20. The highest BCUT2D eigenvalue weighted by atomic mass is 32.2. The molecule has 0 unspecified atom stereocenters. The molecule has 3 rings (SSSR count). The van der Waals surface area contributed by atoms with E-state index in [-0.39, 0.29) is 15.4 Å². The van der Waals surface area contributed by atoms with Crippen molar-refractivity contribution in [3.63, 3.8) is 0 Å². The second-order valence-electron chi connectivity index (χ2n) is 6.90. The van der Waals surface area contributed by atoms with Gasteiger partial charge in [0, 0.05) is 12.1 Å². The molecule has 0 spiro atoms. The van der Waals surface area contributed by atoms with E-state index in [0.29, 0.717) is 5.56 Å². The van der Waals surface area contributed by atoms with Crippen LogP contribution in [-0.2, 0) is 29.4 Å². The lowest BCUT2D eigenvalue weighted by Crippen LogP contribution is -2.16. The van der Waals surface area contributed by atoms with Gasteiger partial charge in [-0.15, -0.1) is 0 Å². The van der Waals surface area contributed by atoms with Crippen LogP contribution >= 0.6 is 0 Å². The average Bonchev–Trinajstić information content (AvgIpc) is 2.77. The van der Waals surface area contributed by atoms with Crippen LogP contribution in [0, 0.1) is 0 Å². The lowest BCUT2D eigenvalue weighted by Gasteiger charge is -2.10. The van der Waals surface area contributed by atoms with Crippen LogP contribution in [0.1, 0.15) is 27.0 Å². The molecule has 4 N–H and O–H groups in total. The van der Waals surface area contributed by atoms with E-state index in [0.717, 1.165) is 25.1 Å². The maximum Gasteiger partial charge on any atom is 0.249 e. The van der Waals surface area contributed by atoms with Gasteiger partial charge in [0.2, 0.25) is 15.7 Å². The number of rotatable bonds is 9. The van der Waals surface area contributed by atoms with E-state index in [9.17, 15) is 18.3 Å². The third kappa shape index (κ3) is 5.13. The number of aliphatic hydroxyl groups excluding tert-OH is 1. The number of carbonyl (C=O) groups excluding carboxylic acids is 1. The molecule has 3 aromatic rings. The summed E-state index contributed by atoms with van der Waals surface area (Å²) in [6, 6.07) is 20.8. The summed E-state index contributed by atoms with van der Waals surface area (Å²) in [7, 11) is -3.80. The molecule has 0 aliphatic heterocycles. The molecule has 0 aromatic heterocycles. The zero-order valence-corrected chi connectivity index (χ0v) is 17.2. The maximum atomic E-state index is 12.9. The Morgan fingerprint density at radius 1 is 0.900 bits per heavy atom. The van der Waals surface area contributed by atoms with Crippen LogP contribution in [0.2, 0.25) is 0 Å². The van der Waals surface area contributed by atoms with Gasteiger partial charge >= 0.3 is 0 Å². The van der Waals surface area contributed by atoms with Gasteiger partial charge in [0.25, 0.3) is 0 Å². The van der Waals surface area contributed by atoms with Gasteiger partial charge in [-0.05, 0) is 53.9 Å². The first-order valence-corrected chi connectivity index (χ1v) is 11.0. The molecular weight excluding hydrogens is 400 g/mol. The SMILES string of the molecule is NC(=O)c1cc(S(=O)(=O)c2ccc(CCNCc3ccccc3)cc2)ccc1CO. The fourth-order valence-electron chi connectivity index (χ4n) is 3.12. The van der Waals surface area contributed by atoms with Gasteiger partial charge in [-0.3, -0.25) is 4.79 Å². The summed E-state index contributed by atoms with van der Waals surface area (Å²) in [5.74, 6) is -0.783. The number of carbonyl (C=O) groups is 1. The number of aliphatic hydroxyl groups is 1. The Morgan fingerprint density at radius 2 is 1.57 bits per heavy atom. The first-order chi connectivity index (χ1) is 14.4. The van der Waals surface area contributed by atoms with Crippen molar-refractivity contribution in [1.29, 1.82) is 0 Å². The number of nitrogens with one attached hydrogen (secondary N) is 1. The van der Waals surface area contributed by atoms with Crippen molar-refractivity contribution in [2.24, 2.45) is 5.73 Å². The molecule has 0 saturated carbocycles. The fraction of sp³-hybridized carbons (Fsp3) is 0.174. The van der Waals surface area contributed by atoms with Crippen molar-refractivity contribution in [3.8, 4) is 0 Å². The quantitative estimate of drug-likeness (QED) is 0.457. The second kappa shape index (κ2) is 9.67. The predicted molar refractivity (Wildman–Crippen MR) is 115 cm³/mol. The Bertz CT molecular complexity index is 1110. The highest BCUT2D eigenvalue weighted by molar-refractivity contribution is 7.91. The number of hydrogen-bond donors (Lipinski definition) is 3. The first kappa shape index (κ1) is 21.7. The zero-order chi connectivity index (χ0) is 21.6. The number of nitrogens with two attached hydrogens (primary N) is 1. The largest absolute Gasteiger partial charge is 0.392 e. The minimum Gasteiger partial charge on any atom is -0.392 e. The molecule has 0 fully saturated rings. The van der Waals surface area contributed by atoms with Gasteiger partial charge < -0.3 is 16.2 Å². The van der Waals surface area contributed by atoms with E-state index in [1.54, 1.807) is 24.3 Å². The minimum absolute atomic E-state index is 0.000291. The minimum atomic E-state index is -3.80. The molecule has 0 heterocycles. The summed E-state index contributed by atoms with van der Waals surface area (Å²) < 4.78 is 25.8. The Kier molecular flexibility index (Phi) is 6.99. The standard InChI is InChI=1S/C23H24N2O4S/c24-23(27)22-14-21(11-8-19(22)16-26)30(28,29)20-9-6-17(7-10-20)12-13-25-15-18-4-2-1-3-5-18/h1-11,14,25-26H,12-13,15-16H2,(H2,24,27). The van der Waals surface area contributed by atoms with Gasteiger partial charge in [0.15, 0.2) is 0 Å². The normalized spacial score (nSPS) is 11.4. The topological polar surface area (TPSA) is 109 Å². The summed E-state index contributed by atoms with van der Waals surface area (Å²) in [5.41, 5.74) is 7.82. The van der Waals surface area contributed by atoms with Gasteiger partial charge in [-0.1, -0.05) is 48.5 Å². The molecule has 30 heavy (non-hydrogen) atoms. The monoisotopic (exact) mass is 424 g/mol. The van der Waals surface area contributed by atoms with E-state index in [2.05, 4.69) is 17.4 Å². The smallest absolute Gasteiger partial charge is 0.249 e. The maximum absolute atomic E-state index is 12.9. The Labute approximate surface area is 176 Å². The average molecular weight is 425 g/mol. The molecule has 0 bridgehead atoms. The van der Waals surface area contributed by atoms with Crippen LogP contribution in [-0.4, -0.2) is 26.0 Å². The van der Waals surface area contributed by atoms with Crippen LogP contribution < -0.4 is 11.1 Å². The third-order valence-electron chi connectivity index (χ3n) is 4.82. The van der Waals surface area contributed by atoms with E-state index in [1.807, 2.05) is 18.2 Å². The number of amides is 1. The number of benzene rings is 3. The van der Waals surface area contributed by atoms with E-state index < -0.39 is 22.4 Å². The van der Waals surface area contributed by atoms with Crippen LogP contribution in [0.4, 0.5) is 0 Å². The first-order valence-electron chi connectivity index (χ1n) is 9.54. The molecule has 156 valence electrons. The third-order valence-corrected chi connectivity index (χ3v) is 6.59.